The largest absolute Gasteiger partial charge is 0.398 e. The minimum Gasteiger partial charge on any atom is -0.398 e. The molecular formula is C6H6N2O2SZn. The first-order valence-corrected chi connectivity index (χ1v) is 3.29. The number of hydrogen-bond donors (Lipinski definition) is 2. The van der Waals surface area contributed by atoms with Crippen molar-refractivity contribution in [3.63, 3.8) is 0 Å². The topological polar surface area (TPSA) is 69.2 Å². The quantitative estimate of drug-likeness (QED) is 0.255. The number of nitro benzene ring substituents is 1. The van der Waals surface area contributed by atoms with Gasteiger partial charge in [-0.2, -0.15) is 0 Å². The number of hydrogen-bond acceptors (Lipinski definition) is 4. The summed E-state index contributed by atoms with van der Waals surface area (Å²) in [7, 11) is 0. The summed E-state index contributed by atoms with van der Waals surface area (Å²) >= 11 is 3.97. The summed E-state index contributed by atoms with van der Waals surface area (Å²) in [6.45, 7) is 0. The van der Waals surface area contributed by atoms with Crippen LogP contribution in [-0.4, -0.2) is 4.92 Å². The van der Waals surface area contributed by atoms with Gasteiger partial charge in [0, 0.05) is 36.5 Å². The zero-order valence-corrected chi connectivity index (χ0v) is 10.1. The summed E-state index contributed by atoms with van der Waals surface area (Å²) in [4.78, 5) is 10.2. The Morgan fingerprint density at radius 3 is 2.50 bits per heavy atom. The van der Waals surface area contributed by atoms with Gasteiger partial charge in [-0.3, -0.25) is 10.1 Å². The third-order valence-electron chi connectivity index (χ3n) is 1.22. The zero-order chi connectivity index (χ0) is 8.43. The second-order valence-corrected chi connectivity index (χ2v) is 2.48. The van der Waals surface area contributed by atoms with E-state index in [1.807, 2.05) is 0 Å². The molecule has 6 heteroatoms. The van der Waals surface area contributed by atoms with Crippen molar-refractivity contribution in [3.8, 4) is 0 Å². The average molecular weight is 236 g/mol. The molecule has 0 radical (unpaired) electrons. The van der Waals surface area contributed by atoms with Gasteiger partial charge in [-0.15, -0.1) is 12.6 Å². The van der Waals surface area contributed by atoms with E-state index in [2.05, 4.69) is 12.6 Å². The fraction of sp³-hybridized carbons (Fsp3) is 0. The van der Waals surface area contributed by atoms with Crippen molar-refractivity contribution < 1.29 is 24.4 Å². The van der Waals surface area contributed by atoms with E-state index in [1.165, 1.54) is 18.2 Å². The minimum absolute atomic E-state index is 0. The maximum absolute atomic E-state index is 10.2. The number of nitrogen functional groups attached to an aromatic ring is 1. The molecule has 0 spiro atoms. The van der Waals surface area contributed by atoms with Crippen LogP contribution in [0.5, 0.6) is 0 Å². The Kier molecular flexibility index (Phi) is 4.20. The molecule has 0 saturated heterocycles. The molecule has 60 valence electrons. The number of benzene rings is 1. The second-order valence-electron chi connectivity index (χ2n) is 2.00. The number of nitrogens with two attached hydrogens (primary N) is 1. The van der Waals surface area contributed by atoms with Gasteiger partial charge in [0.05, 0.1) is 10.6 Å². The molecule has 0 aliphatic rings. The fourth-order valence-corrected chi connectivity index (χ4v) is 0.795. The van der Waals surface area contributed by atoms with Gasteiger partial charge in [-0.25, -0.2) is 0 Å². The van der Waals surface area contributed by atoms with Crippen LogP contribution in [0.3, 0.4) is 0 Å². The Balaban J connectivity index is 0.00000121. The Hall–Kier alpha value is -0.607. The predicted molar refractivity (Wildman–Crippen MR) is 44.8 cm³/mol. The minimum atomic E-state index is -0.496. The number of nitro groups is 1. The van der Waals surface area contributed by atoms with Crippen LogP contribution in [0.2, 0.25) is 0 Å². The molecule has 12 heavy (non-hydrogen) atoms. The van der Waals surface area contributed by atoms with Crippen molar-refractivity contribution in [1.29, 1.82) is 0 Å². The molecule has 0 aliphatic carbocycles. The van der Waals surface area contributed by atoms with Crippen LogP contribution in [0.25, 0.3) is 0 Å². The number of non-ortho nitro benzene ring substituents is 1. The van der Waals surface area contributed by atoms with Crippen molar-refractivity contribution in [2.75, 3.05) is 5.73 Å². The standard InChI is InChI=1S/C6H6N2O2S.Zn/c7-5-3-4(8(9)10)1-2-6(5)11;/h1-3,11H,7H2;. The Morgan fingerprint density at radius 2 is 2.08 bits per heavy atom. The monoisotopic (exact) mass is 234 g/mol. The predicted octanol–water partition coefficient (Wildman–Crippen LogP) is 1.46. The first kappa shape index (κ1) is 11.4. The summed E-state index contributed by atoms with van der Waals surface area (Å²) in [5, 5.41) is 10.2. The van der Waals surface area contributed by atoms with Crippen LogP contribution < -0.4 is 5.73 Å². The van der Waals surface area contributed by atoms with Crippen LogP contribution in [-0.2, 0) is 19.5 Å². The van der Waals surface area contributed by atoms with Crippen molar-refractivity contribution in [1.82, 2.24) is 0 Å². The summed E-state index contributed by atoms with van der Waals surface area (Å²) in [5.74, 6) is 0. The molecule has 0 atom stereocenters. The third-order valence-corrected chi connectivity index (χ3v) is 1.63. The molecule has 2 N–H and O–H groups in total. The van der Waals surface area contributed by atoms with Crippen molar-refractivity contribution >= 4 is 24.0 Å². The van der Waals surface area contributed by atoms with Crippen molar-refractivity contribution in [2.45, 2.75) is 4.90 Å². The molecule has 0 aliphatic heterocycles. The van der Waals surface area contributed by atoms with E-state index in [4.69, 9.17) is 5.73 Å². The maximum Gasteiger partial charge on any atom is 0.271 e. The number of nitrogens with zero attached hydrogens (tertiary/aromatic N) is 1. The first-order valence-electron chi connectivity index (χ1n) is 2.84. The van der Waals surface area contributed by atoms with E-state index in [1.54, 1.807) is 0 Å². The fourth-order valence-electron chi connectivity index (χ4n) is 0.655. The summed E-state index contributed by atoms with van der Waals surface area (Å²) < 4.78 is 0. The van der Waals surface area contributed by atoms with Crippen LogP contribution in [0.1, 0.15) is 0 Å². The van der Waals surface area contributed by atoms with Crippen LogP contribution in [0, 0.1) is 10.1 Å². The SMILES string of the molecule is Nc1cc([N+](=O)[O-])ccc1S.[Zn]. The van der Waals surface area contributed by atoms with E-state index in [0.29, 0.717) is 10.6 Å². The van der Waals surface area contributed by atoms with E-state index < -0.39 is 4.92 Å². The van der Waals surface area contributed by atoms with Gasteiger partial charge in [0.1, 0.15) is 0 Å². The van der Waals surface area contributed by atoms with Gasteiger partial charge in [0.15, 0.2) is 0 Å². The van der Waals surface area contributed by atoms with Gasteiger partial charge in [0.2, 0.25) is 0 Å². The summed E-state index contributed by atoms with van der Waals surface area (Å²) in [6, 6.07) is 4.14. The van der Waals surface area contributed by atoms with Gasteiger partial charge >= 0.3 is 0 Å². The van der Waals surface area contributed by atoms with Gasteiger partial charge in [0.25, 0.3) is 5.69 Å². The molecule has 1 aromatic rings. The molecule has 0 unspecified atom stereocenters. The van der Waals surface area contributed by atoms with Gasteiger partial charge < -0.3 is 5.73 Å². The molecule has 1 rings (SSSR count). The molecule has 0 saturated carbocycles. The maximum atomic E-state index is 10.2. The Morgan fingerprint density at radius 1 is 1.50 bits per heavy atom. The first-order chi connectivity index (χ1) is 5.11. The average Bonchev–Trinajstić information content (AvgIpc) is 1.94. The van der Waals surface area contributed by atoms with Crippen LogP contribution in [0.15, 0.2) is 23.1 Å². The smallest absolute Gasteiger partial charge is 0.271 e. The zero-order valence-electron chi connectivity index (χ0n) is 6.23. The normalized spacial score (nSPS) is 8.75. The second kappa shape index (κ2) is 4.43. The summed E-state index contributed by atoms with van der Waals surface area (Å²) in [6.07, 6.45) is 0. The molecule has 0 fully saturated rings. The number of anilines is 1. The van der Waals surface area contributed by atoms with Gasteiger partial charge in [-0.05, 0) is 6.07 Å². The van der Waals surface area contributed by atoms with Crippen LogP contribution in [0.4, 0.5) is 11.4 Å². The number of thiol groups is 1. The molecule has 0 amide bonds. The van der Waals surface area contributed by atoms with E-state index in [-0.39, 0.29) is 25.2 Å². The van der Waals surface area contributed by atoms with E-state index in [9.17, 15) is 10.1 Å². The van der Waals surface area contributed by atoms with Crippen molar-refractivity contribution in [2.24, 2.45) is 0 Å². The molecule has 0 aromatic heterocycles. The third kappa shape index (κ3) is 2.46. The number of rotatable bonds is 1. The Bertz CT molecular complexity index is 306. The molecular weight excluding hydrogens is 230 g/mol. The molecule has 4 nitrogen and oxygen atoms in total. The van der Waals surface area contributed by atoms with Gasteiger partial charge in [-0.1, -0.05) is 0 Å². The van der Waals surface area contributed by atoms with Crippen LogP contribution >= 0.6 is 12.6 Å². The van der Waals surface area contributed by atoms with Crippen molar-refractivity contribution in [3.05, 3.63) is 28.3 Å². The van der Waals surface area contributed by atoms with E-state index in [0.717, 1.165) is 0 Å². The molecule has 0 heterocycles. The van der Waals surface area contributed by atoms with E-state index >= 15 is 0 Å². The summed E-state index contributed by atoms with van der Waals surface area (Å²) in [5.41, 5.74) is 5.69. The Labute approximate surface area is 87.5 Å². The molecule has 0 bridgehead atoms. The molecule has 1 aromatic carbocycles.